The van der Waals surface area contributed by atoms with Gasteiger partial charge in [0.15, 0.2) is 12.6 Å². The molecule has 2 fully saturated rings. The monoisotopic (exact) mass is 656 g/mol. The van der Waals surface area contributed by atoms with Crippen LogP contribution in [0.25, 0.3) is 0 Å². The Morgan fingerprint density at radius 3 is 1.85 bits per heavy atom. The fourth-order valence-corrected chi connectivity index (χ4v) is 5.10. The average Bonchev–Trinajstić information content (AvgIpc) is 3.73. The van der Waals surface area contributed by atoms with E-state index >= 15 is 0 Å². The molecule has 14 nitrogen and oxygen atoms in total. The minimum Gasteiger partial charge on any atom is -0.467 e. The molecule has 4 rings (SSSR count). The molecule has 4 heterocycles. The molecule has 46 heavy (non-hydrogen) atoms. The van der Waals surface area contributed by atoms with Gasteiger partial charge in [0.1, 0.15) is 29.9 Å². The molecule has 0 radical (unpaired) electrons. The normalized spacial score (nSPS) is 20.3. The molecule has 0 aromatic carbocycles. The summed E-state index contributed by atoms with van der Waals surface area (Å²) in [4.78, 5) is 20.6. The average molecular weight is 657 g/mol. The molecular weight excluding hydrogens is 596 g/mol. The SMILES string of the molecule is C.C.CC[C@H](/C=N/O)n1ccnc1[C@H](C)OC1CCCCO1.CC[C@H](C(=O)OC)n1ccnc1[C@H](C)OC1CCCCO1.CNO. The molecular formula is C32H60N6O8. The molecule has 2 aliphatic heterocycles. The zero-order chi connectivity index (χ0) is 32.3. The number of carbonyl (C=O) groups is 1. The lowest BCUT2D eigenvalue weighted by Gasteiger charge is -2.27. The number of esters is 1. The van der Waals surface area contributed by atoms with Gasteiger partial charge < -0.3 is 43.2 Å². The van der Waals surface area contributed by atoms with Gasteiger partial charge in [-0.05, 0) is 65.2 Å². The summed E-state index contributed by atoms with van der Waals surface area (Å²) in [5.74, 6) is 1.28. The molecule has 0 bridgehead atoms. The van der Waals surface area contributed by atoms with Crippen LogP contribution in [0.4, 0.5) is 0 Å². The second-order valence-electron chi connectivity index (χ2n) is 10.4. The summed E-state index contributed by atoms with van der Waals surface area (Å²) in [6.07, 6.45) is 15.6. The first-order valence-electron chi connectivity index (χ1n) is 15.5. The van der Waals surface area contributed by atoms with E-state index in [0.29, 0.717) is 6.42 Å². The van der Waals surface area contributed by atoms with E-state index in [1.54, 1.807) is 24.1 Å². The minimum atomic E-state index is -0.370. The molecule has 0 saturated carbocycles. The maximum Gasteiger partial charge on any atom is 0.328 e. The standard InChI is InChI=1S/C15H24N2O4.C14H23N3O3.CH5NO.2CH4/c1-4-12(15(18)19-3)17-9-8-16-14(17)11(2)21-13-7-5-6-10-20-13;1-3-12(10-16-18)17-8-7-15-14(17)11(2)20-13-6-4-5-9-19-13;1-2-3;;/h8-9,11-13H,4-7,10H2,1-3H3;7-8,10-13,18H,3-6,9H2,1-2H3;2-3H,1H3;2*1H4/b;16-10+;;;/t2*11-,12+,13?;;;/m00.../s1. The van der Waals surface area contributed by atoms with Gasteiger partial charge in [0.2, 0.25) is 0 Å². The second-order valence-corrected chi connectivity index (χ2v) is 10.4. The van der Waals surface area contributed by atoms with Gasteiger partial charge in [-0.2, -0.15) is 0 Å². The van der Waals surface area contributed by atoms with Crippen LogP contribution in [0.2, 0.25) is 0 Å². The fraction of sp³-hybridized carbons (Fsp3) is 0.750. The number of nitrogens with zero attached hydrogens (tertiary/aromatic N) is 5. The van der Waals surface area contributed by atoms with Gasteiger partial charge in [0, 0.05) is 45.0 Å². The first-order valence-corrected chi connectivity index (χ1v) is 15.5. The van der Waals surface area contributed by atoms with Crippen molar-refractivity contribution in [2.45, 2.75) is 131 Å². The molecule has 2 aliphatic rings. The summed E-state index contributed by atoms with van der Waals surface area (Å²) >= 11 is 0. The van der Waals surface area contributed by atoms with E-state index < -0.39 is 0 Å². The van der Waals surface area contributed by atoms with E-state index in [-0.39, 0.29) is 57.7 Å². The van der Waals surface area contributed by atoms with E-state index in [2.05, 4.69) is 15.1 Å². The van der Waals surface area contributed by atoms with Gasteiger partial charge >= 0.3 is 5.97 Å². The highest BCUT2D eigenvalue weighted by molar-refractivity contribution is 5.74. The highest BCUT2D eigenvalue weighted by Crippen LogP contribution is 2.27. The molecule has 0 aliphatic carbocycles. The third-order valence-corrected chi connectivity index (χ3v) is 7.32. The van der Waals surface area contributed by atoms with Crippen molar-refractivity contribution in [1.82, 2.24) is 24.6 Å². The summed E-state index contributed by atoms with van der Waals surface area (Å²) < 4.78 is 31.7. The summed E-state index contributed by atoms with van der Waals surface area (Å²) in [5, 5.41) is 19.2. The third-order valence-electron chi connectivity index (χ3n) is 7.32. The van der Waals surface area contributed by atoms with Crippen LogP contribution in [0.15, 0.2) is 29.9 Å². The number of hydrogen-bond acceptors (Lipinski definition) is 12. The van der Waals surface area contributed by atoms with Crippen LogP contribution in [-0.4, -0.2) is 81.7 Å². The molecule has 3 N–H and O–H groups in total. The molecule has 6 atom stereocenters. The highest BCUT2D eigenvalue weighted by atomic mass is 16.7. The van der Waals surface area contributed by atoms with Crippen LogP contribution in [0.3, 0.4) is 0 Å². The Labute approximate surface area is 275 Å². The van der Waals surface area contributed by atoms with Gasteiger partial charge in [0.25, 0.3) is 0 Å². The quantitative estimate of drug-likeness (QED) is 0.101. The Bertz CT molecular complexity index is 1070. The molecule has 0 amide bonds. The number of hydroxylamine groups is 1. The van der Waals surface area contributed by atoms with Crippen molar-refractivity contribution in [2.75, 3.05) is 27.4 Å². The molecule has 2 saturated heterocycles. The van der Waals surface area contributed by atoms with E-state index in [1.807, 2.05) is 43.0 Å². The number of imidazole rings is 2. The lowest BCUT2D eigenvalue weighted by molar-refractivity contribution is -0.188. The zero-order valence-electron chi connectivity index (χ0n) is 27.0. The first kappa shape index (κ1) is 43.1. The van der Waals surface area contributed by atoms with Crippen LogP contribution in [0.1, 0.15) is 130 Å². The largest absolute Gasteiger partial charge is 0.467 e. The number of nitrogens with one attached hydrogen (secondary N) is 1. The Kier molecular flexibility index (Phi) is 22.8. The third kappa shape index (κ3) is 13.5. The second kappa shape index (κ2) is 24.3. The lowest BCUT2D eigenvalue weighted by atomic mass is 10.2. The predicted octanol–water partition coefficient (Wildman–Crippen LogP) is 6.38. The fourth-order valence-electron chi connectivity index (χ4n) is 5.10. The van der Waals surface area contributed by atoms with Crippen molar-refractivity contribution < 1.29 is 38.9 Å². The van der Waals surface area contributed by atoms with Gasteiger partial charge in [-0.3, -0.25) is 0 Å². The number of methoxy groups -OCH3 is 1. The smallest absolute Gasteiger partial charge is 0.328 e. The molecule has 0 spiro atoms. The number of aromatic nitrogens is 4. The predicted molar refractivity (Wildman–Crippen MR) is 176 cm³/mol. The Morgan fingerprint density at radius 1 is 0.978 bits per heavy atom. The van der Waals surface area contributed by atoms with Gasteiger partial charge in [-0.15, -0.1) is 0 Å². The van der Waals surface area contributed by atoms with Gasteiger partial charge in [-0.25, -0.2) is 20.2 Å². The summed E-state index contributed by atoms with van der Waals surface area (Å²) in [6.45, 7) is 9.39. The minimum absolute atomic E-state index is 0. The zero-order valence-corrected chi connectivity index (χ0v) is 27.0. The topological polar surface area (TPSA) is 164 Å². The Balaban J connectivity index is 0.000000780. The molecule has 2 aromatic rings. The van der Waals surface area contributed by atoms with Crippen molar-refractivity contribution in [3.05, 3.63) is 36.4 Å². The maximum atomic E-state index is 11.9. The van der Waals surface area contributed by atoms with Crippen molar-refractivity contribution in [3.8, 4) is 0 Å². The Morgan fingerprint density at radius 2 is 1.46 bits per heavy atom. The summed E-state index contributed by atoms with van der Waals surface area (Å²) in [6, 6.07) is -0.387. The number of ether oxygens (including phenoxy) is 5. The molecule has 2 aromatic heterocycles. The van der Waals surface area contributed by atoms with Crippen LogP contribution < -0.4 is 5.48 Å². The number of rotatable bonds is 12. The molecule has 14 heteroatoms. The summed E-state index contributed by atoms with van der Waals surface area (Å²) in [5.41, 5.74) is 1.75. The van der Waals surface area contributed by atoms with E-state index in [4.69, 9.17) is 34.1 Å². The highest BCUT2D eigenvalue weighted by Gasteiger charge is 2.27. The van der Waals surface area contributed by atoms with E-state index in [0.717, 1.165) is 69.8 Å². The van der Waals surface area contributed by atoms with Crippen LogP contribution in [0, 0.1) is 0 Å². The van der Waals surface area contributed by atoms with Crippen molar-refractivity contribution in [2.24, 2.45) is 5.16 Å². The van der Waals surface area contributed by atoms with Gasteiger partial charge in [-0.1, -0.05) is 33.9 Å². The molecule has 2 unspecified atom stereocenters. The van der Waals surface area contributed by atoms with Crippen LogP contribution in [-0.2, 0) is 28.5 Å². The number of carbonyl (C=O) groups excluding carboxylic acids is 1. The Hall–Kier alpha value is -2.88. The summed E-state index contributed by atoms with van der Waals surface area (Å²) in [7, 11) is 2.83. The van der Waals surface area contributed by atoms with Crippen molar-refractivity contribution in [3.63, 3.8) is 0 Å². The lowest BCUT2D eigenvalue weighted by Crippen LogP contribution is -2.27. The van der Waals surface area contributed by atoms with Crippen molar-refractivity contribution in [1.29, 1.82) is 0 Å². The number of hydrogen-bond donors (Lipinski definition) is 3. The van der Waals surface area contributed by atoms with Crippen molar-refractivity contribution >= 4 is 12.2 Å². The van der Waals surface area contributed by atoms with Crippen LogP contribution in [0.5, 0.6) is 0 Å². The van der Waals surface area contributed by atoms with E-state index in [9.17, 15) is 4.79 Å². The number of oxime groups is 1. The van der Waals surface area contributed by atoms with Crippen LogP contribution >= 0.6 is 0 Å². The maximum absolute atomic E-state index is 11.9. The first-order chi connectivity index (χ1) is 21.3. The van der Waals surface area contributed by atoms with E-state index in [1.165, 1.54) is 20.4 Å². The molecule has 266 valence electrons. The van der Waals surface area contributed by atoms with Gasteiger partial charge in [0.05, 0.1) is 19.4 Å².